The molecule has 1 amide bonds. The van der Waals surface area contributed by atoms with E-state index in [0.717, 1.165) is 54.5 Å². The number of carbonyl (C=O) groups excluding carboxylic acids is 1. The highest BCUT2D eigenvalue weighted by Gasteiger charge is 2.36. The van der Waals surface area contributed by atoms with Crippen LogP contribution < -0.4 is 0 Å². The van der Waals surface area contributed by atoms with E-state index in [1.54, 1.807) is 0 Å². The van der Waals surface area contributed by atoms with Crippen LogP contribution in [0.25, 0.3) is 10.9 Å². The molecule has 1 unspecified atom stereocenters. The Hall–Kier alpha value is -2.63. The fraction of sp³-hybridized carbons (Fsp3) is 0.450. The molecule has 1 atom stereocenters. The predicted octanol–water partition coefficient (Wildman–Crippen LogP) is 3.34. The van der Waals surface area contributed by atoms with Crippen molar-refractivity contribution in [1.82, 2.24) is 19.6 Å². The Morgan fingerprint density at radius 3 is 2.96 bits per heavy atom. The van der Waals surface area contributed by atoms with Crippen LogP contribution in [0, 0.1) is 0 Å². The molecule has 1 aliphatic carbocycles. The number of benzene rings is 1. The number of hydrogen-bond donors (Lipinski definition) is 0. The SMILES string of the molecule is Cn1cc(CC(=O)N2CCCC2c2nc(C3CC3)no2)c2ccccc21. The van der Waals surface area contributed by atoms with Crippen LogP contribution >= 0.6 is 0 Å². The lowest BCUT2D eigenvalue weighted by atomic mass is 10.1. The second-order valence-electron chi connectivity index (χ2n) is 7.47. The third kappa shape index (κ3) is 2.60. The molecular formula is C20H22N4O2. The number of aromatic nitrogens is 3. The molecule has 2 fully saturated rings. The third-order valence-corrected chi connectivity index (χ3v) is 5.58. The Labute approximate surface area is 151 Å². The van der Waals surface area contributed by atoms with E-state index in [2.05, 4.69) is 33.0 Å². The Bertz CT molecular complexity index is 969. The van der Waals surface area contributed by atoms with E-state index in [0.29, 0.717) is 18.2 Å². The number of carbonyl (C=O) groups is 1. The highest BCUT2D eigenvalue weighted by atomic mass is 16.5. The number of para-hydroxylation sites is 1. The van der Waals surface area contributed by atoms with Gasteiger partial charge in [0.1, 0.15) is 6.04 Å². The van der Waals surface area contributed by atoms with E-state index >= 15 is 0 Å². The van der Waals surface area contributed by atoms with Crippen LogP contribution in [0.15, 0.2) is 35.0 Å². The lowest BCUT2D eigenvalue weighted by Gasteiger charge is -2.21. The molecule has 3 heterocycles. The summed E-state index contributed by atoms with van der Waals surface area (Å²) in [6, 6.07) is 8.14. The van der Waals surface area contributed by atoms with Gasteiger partial charge in [-0.15, -0.1) is 0 Å². The van der Waals surface area contributed by atoms with Crippen LogP contribution in [-0.2, 0) is 18.3 Å². The number of rotatable bonds is 4. The standard InChI is InChI=1S/C20H22N4O2/c1-23-12-14(15-5-2-3-6-16(15)23)11-18(25)24-10-4-7-17(24)20-21-19(22-26-20)13-8-9-13/h2-3,5-6,12-13,17H,4,7-11H2,1H3. The van der Waals surface area contributed by atoms with Crippen LogP contribution in [0.5, 0.6) is 0 Å². The summed E-state index contributed by atoms with van der Waals surface area (Å²) in [4.78, 5) is 19.5. The first-order valence-corrected chi connectivity index (χ1v) is 9.36. The van der Waals surface area contributed by atoms with Crippen molar-refractivity contribution in [2.45, 2.75) is 44.1 Å². The van der Waals surface area contributed by atoms with Crippen LogP contribution in [0.1, 0.15) is 54.9 Å². The van der Waals surface area contributed by atoms with Crippen molar-refractivity contribution >= 4 is 16.8 Å². The number of likely N-dealkylation sites (tertiary alicyclic amines) is 1. The van der Waals surface area contributed by atoms with Gasteiger partial charge in [0.2, 0.25) is 11.8 Å². The van der Waals surface area contributed by atoms with Crippen LogP contribution in [0.4, 0.5) is 0 Å². The van der Waals surface area contributed by atoms with Gasteiger partial charge < -0.3 is 14.0 Å². The summed E-state index contributed by atoms with van der Waals surface area (Å²) in [7, 11) is 2.02. The van der Waals surface area contributed by atoms with Crippen molar-refractivity contribution < 1.29 is 9.32 Å². The molecule has 1 aromatic carbocycles. The summed E-state index contributed by atoms with van der Waals surface area (Å²) in [6.45, 7) is 0.759. The second-order valence-corrected chi connectivity index (χ2v) is 7.47. The zero-order chi connectivity index (χ0) is 17.7. The first kappa shape index (κ1) is 15.6. The first-order chi connectivity index (χ1) is 12.7. The molecule has 134 valence electrons. The van der Waals surface area contributed by atoms with Crippen molar-refractivity contribution in [2.75, 3.05) is 6.54 Å². The van der Waals surface area contributed by atoms with E-state index in [1.165, 1.54) is 0 Å². The summed E-state index contributed by atoms with van der Waals surface area (Å²) in [5, 5.41) is 5.26. The first-order valence-electron chi connectivity index (χ1n) is 9.36. The fourth-order valence-electron chi connectivity index (χ4n) is 4.04. The van der Waals surface area contributed by atoms with Gasteiger partial charge in [0, 0.05) is 36.6 Å². The van der Waals surface area contributed by atoms with E-state index in [1.807, 2.05) is 24.1 Å². The molecular weight excluding hydrogens is 328 g/mol. The molecule has 6 heteroatoms. The quantitative estimate of drug-likeness (QED) is 0.724. The number of aryl methyl sites for hydroxylation is 1. The zero-order valence-electron chi connectivity index (χ0n) is 14.9. The molecule has 1 saturated heterocycles. The van der Waals surface area contributed by atoms with Gasteiger partial charge in [-0.25, -0.2) is 0 Å². The maximum atomic E-state index is 13.0. The lowest BCUT2D eigenvalue weighted by molar-refractivity contribution is -0.131. The molecule has 0 N–H and O–H groups in total. The van der Waals surface area contributed by atoms with Gasteiger partial charge in [-0.1, -0.05) is 23.4 Å². The Kier molecular flexibility index (Phi) is 3.58. The normalized spacial score (nSPS) is 20.2. The molecule has 1 aliphatic heterocycles. The monoisotopic (exact) mass is 350 g/mol. The van der Waals surface area contributed by atoms with Gasteiger partial charge >= 0.3 is 0 Å². The summed E-state index contributed by atoms with van der Waals surface area (Å²) in [5.41, 5.74) is 2.22. The summed E-state index contributed by atoms with van der Waals surface area (Å²) >= 11 is 0. The highest BCUT2D eigenvalue weighted by Crippen LogP contribution is 2.40. The number of fused-ring (bicyclic) bond motifs is 1. The van der Waals surface area contributed by atoms with Crippen LogP contribution in [-0.4, -0.2) is 32.1 Å². The lowest BCUT2D eigenvalue weighted by Crippen LogP contribution is -2.32. The molecule has 2 aromatic heterocycles. The molecule has 0 bridgehead atoms. The van der Waals surface area contributed by atoms with Gasteiger partial charge in [-0.2, -0.15) is 4.98 Å². The molecule has 1 saturated carbocycles. The summed E-state index contributed by atoms with van der Waals surface area (Å²) in [5.74, 6) is 2.02. The highest BCUT2D eigenvalue weighted by molar-refractivity contribution is 5.89. The van der Waals surface area contributed by atoms with Crippen LogP contribution in [0.3, 0.4) is 0 Å². The summed E-state index contributed by atoms with van der Waals surface area (Å²) < 4.78 is 7.58. The summed E-state index contributed by atoms with van der Waals surface area (Å²) in [6.07, 6.45) is 6.63. The van der Waals surface area contributed by atoms with Crippen molar-refractivity contribution in [3.63, 3.8) is 0 Å². The molecule has 2 aliphatic rings. The maximum Gasteiger partial charge on any atom is 0.249 e. The fourth-order valence-corrected chi connectivity index (χ4v) is 4.04. The number of amides is 1. The minimum absolute atomic E-state index is 0.0718. The topological polar surface area (TPSA) is 64.2 Å². The number of hydrogen-bond acceptors (Lipinski definition) is 4. The minimum Gasteiger partial charge on any atom is -0.350 e. The average Bonchev–Trinajstić information content (AvgIpc) is 3.08. The van der Waals surface area contributed by atoms with Crippen molar-refractivity contribution in [1.29, 1.82) is 0 Å². The maximum absolute atomic E-state index is 13.0. The third-order valence-electron chi connectivity index (χ3n) is 5.58. The van der Waals surface area contributed by atoms with E-state index in [9.17, 15) is 4.79 Å². The van der Waals surface area contributed by atoms with E-state index in [4.69, 9.17) is 4.52 Å². The smallest absolute Gasteiger partial charge is 0.249 e. The predicted molar refractivity (Wildman–Crippen MR) is 96.6 cm³/mol. The second kappa shape index (κ2) is 5.97. The van der Waals surface area contributed by atoms with E-state index < -0.39 is 0 Å². The number of nitrogens with zero attached hydrogens (tertiary/aromatic N) is 4. The molecule has 5 rings (SSSR count). The molecule has 0 spiro atoms. The zero-order valence-corrected chi connectivity index (χ0v) is 14.9. The Balaban J connectivity index is 1.38. The average molecular weight is 350 g/mol. The van der Waals surface area contributed by atoms with Crippen molar-refractivity contribution in [2.24, 2.45) is 7.05 Å². The van der Waals surface area contributed by atoms with Gasteiger partial charge in [0.05, 0.1) is 6.42 Å². The molecule has 3 aromatic rings. The van der Waals surface area contributed by atoms with Crippen LogP contribution in [0.2, 0.25) is 0 Å². The van der Waals surface area contributed by atoms with Crippen molar-refractivity contribution in [3.05, 3.63) is 47.7 Å². The Morgan fingerprint density at radius 2 is 2.12 bits per heavy atom. The van der Waals surface area contributed by atoms with Gasteiger partial charge in [-0.05, 0) is 37.3 Å². The van der Waals surface area contributed by atoms with Gasteiger partial charge in [0.15, 0.2) is 5.82 Å². The van der Waals surface area contributed by atoms with Crippen molar-refractivity contribution in [3.8, 4) is 0 Å². The molecule has 26 heavy (non-hydrogen) atoms. The Morgan fingerprint density at radius 1 is 1.27 bits per heavy atom. The van der Waals surface area contributed by atoms with Gasteiger partial charge in [-0.3, -0.25) is 4.79 Å². The van der Waals surface area contributed by atoms with E-state index in [-0.39, 0.29) is 11.9 Å². The minimum atomic E-state index is -0.0718. The molecule has 6 nitrogen and oxygen atoms in total. The molecule has 0 radical (unpaired) electrons. The largest absolute Gasteiger partial charge is 0.350 e. The van der Waals surface area contributed by atoms with Gasteiger partial charge in [0.25, 0.3) is 0 Å².